The summed E-state index contributed by atoms with van der Waals surface area (Å²) in [5, 5.41) is 1.04. The Bertz CT molecular complexity index is 847. The van der Waals surface area contributed by atoms with Crippen LogP contribution < -0.4 is 4.90 Å². The fourth-order valence-electron chi connectivity index (χ4n) is 3.75. The third kappa shape index (κ3) is 2.79. The van der Waals surface area contributed by atoms with Crippen molar-refractivity contribution in [2.45, 2.75) is 32.2 Å². The van der Waals surface area contributed by atoms with Crippen molar-refractivity contribution in [2.75, 3.05) is 19.8 Å². The lowest BCUT2D eigenvalue weighted by Gasteiger charge is -2.23. The molecule has 3 heterocycles. The summed E-state index contributed by atoms with van der Waals surface area (Å²) >= 11 is 1.67. The van der Waals surface area contributed by atoms with E-state index >= 15 is 0 Å². The number of carbonyl (C=O) groups excluding carboxylic acids is 3. The molecule has 0 aliphatic carbocycles. The molecule has 136 valence electrons. The van der Waals surface area contributed by atoms with Crippen LogP contribution in [0, 0.1) is 0 Å². The van der Waals surface area contributed by atoms with E-state index in [-0.39, 0.29) is 19.3 Å². The molecule has 0 spiro atoms. The number of carbonyl (C=O) groups is 3. The number of thiazole rings is 1. The second-order valence-electron chi connectivity index (χ2n) is 6.75. The van der Waals surface area contributed by atoms with Gasteiger partial charge in [-0.25, -0.2) is 14.7 Å². The Hall–Kier alpha value is -2.32. The van der Waals surface area contributed by atoms with Crippen LogP contribution in [-0.4, -0.2) is 52.4 Å². The molecule has 1 aromatic carbocycles. The molecule has 8 heteroatoms. The van der Waals surface area contributed by atoms with Crippen LogP contribution in [0.2, 0.25) is 0 Å². The summed E-state index contributed by atoms with van der Waals surface area (Å²) in [5.41, 5.74) is 0.983. The van der Waals surface area contributed by atoms with Crippen molar-refractivity contribution < 1.29 is 19.3 Å². The molecule has 2 atom stereocenters. The summed E-state index contributed by atoms with van der Waals surface area (Å²) in [7, 11) is 0. The van der Waals surface area contributed by atoms with Gasteiger partial charge in [0, 0.05) is 19.4 Å². The number of likely N-dealkylation sites (tertiary alicyclic amines) is 1. The molecule has 1 unspecified atom stereocenters. The van der Waals surface area contributed by atoms with Crippen molar-refractivity contribution in [3.63, 3.8) is 0 Å². The molecule has 2 aliphatic heterocycles. The first-order valence-corrected chi connectivity index (χ1v) is 9.79. The highest BCUT2D eigenvalue weighted by Crippen LogP contribution is 2.28. The molecule has 2 aliphatic rings. The van der Waals surface area contributed by atoms with E-state index in [1.54, 1.807) is 11.3 Å². The van der Waals surface area contributed by atoms with Gasteiger partial charge in [0.25, 0.3) is 0 Å². The van der Waals surface area contributed by atoms with Crippen molar-refractivity contribution in [1.82, 2.24) is 14.8 Å². The Morgan fingerprint density at radius 2 is 1.96 bits per heavy atom. The molecule has 2 aromatic rings. The average Bonchev–Trinajstić information content (AvgIpc) is 3.32. The van der Waals surface area contributed by atoms with Gasteiger partial charge in [-0.3, -0.25) is 14.5 Å². The van der Waals surface area contributed by atoms with E-state index in [0.29, 0.717) is 6.42 Å². The maximum absolute atomic E-state index is 12.5. The van der Waals surface area contributed by atoms with Gasteiger partial charge in [-0.05, 0) is 18.6 Å². The van der Waals surface area contributed by atoms with Gasteiger partial charge >= 0.3 is 17.8 Å². The molecule has 7 nitrogen and oxygen atoms in total. The average molecular weight is 373 g/mol. The zero-order chi connectivity index (χ0) is 18.3. The topological polar surface area (TPSA) is 75.0 Å². The van der Waals surface area contributed by atoms with Gasteiger partial charge in [0.15, 0.2) is 11.7 Å². The number of amides is 4. The molecule has 0 radical (unpaired) electrons. The maximum atomic E-state index is 12.5. The third-order valence-electron chi connectivity index (χ3n) is 5.04. The summed E-state index contributed by atoms with van der Waals surface area (Å²) in [6, 6.07) is 7.70. The van der Waals surface area contributed by atoms with Crippen LogP contribution in [0.3, 0.4) is 0 Å². The lowest BCUT2D eigenvalue weighted by Crippen LogP contribution is -3.12. The molecular weight excluding hydrogens is 352 g/mol. The van der Waals surface area contributed by atoms with Crippen molar-refractivity contribution in [3.05, 3.63) is 29.3 Å². The molecule has 0 bridgehead atoms. The molecule has 4 rings (SSSR count). The lowest BCUT2D eigenvalue weighted by molar-refractivity contribution is -0.925. The van der Waals surface area contributed by atoms with Gasteiger partial charge in [-0.2, -0.15) is 0 Å². The van der Waals surface area contributed by atoms with E-state index in [0.717, 1.165) is 49.3 Å². The zero-order valence-electron chi connectivity index (χ0n) is 14.6. The lowest BCUT2D eigenvalue weighted by atomic mass is 10.2. The van der Waals surface area contributed by atoms with Crippen LogP contribution in [0.4, 0.5) is 4.79 Å². The van der Waals surface area contributed by atoms with Crippen molar-refractivity contribution in [3.8, 4) is 0 Å². The van der Waals surface area contributed by atoms with E-state index in [1.807, 2.05) is 25.1 Å². The Kier molecular flexibility index (Phi) is 4.46. The smallest absolute Gasteiger partial charge is 0.309 e. The zero-order valence-corrected chi connectivity index (χ0v) is 15.4. The van der Waals surface area contributed by atoms with Gasteiger partial charge < -0.3 is 4.90 Å². The van der Waals surface area contributed by atoms with Crippen LogP contribution in [0.15, 0.2) is 24.3 Å². The van der Waals surface area contributed by atoms with Gasteiger partial charge in [0.1, 0.15) is 6.04 Å². The second kappa shape index (κ2) is 6.77. The number of imide groups is 2. The number of quaternary nitrogens is 1. The van der Waals surface area contributed by atoms with Crippen LogP contribution in [0.25, 0.3) is 10.2 Å². The number of nitrogens with one attached hydrogen (secondary N) is 1. The molecule has 1 aromatic heterocycles. The minimum atomic E-state index is -0.703. The van der Waals surface area contributed by atoms with Crippen molar-refractivity contribution >= 4 is 39.4 Å². The van der Waals surface area contributed by atoms with Gasteiger partial charge in [0.2, 0.25) is 0 Å². The van der Waals surface area contributed by atoms with Crippen LogP contribution >= 0.6 is 11.3 Å². The molecular formula is C18H21N4O3S+. The highest BCUT2D eigenvalue weighted by Gasteiger charge is 2.47. The van der Waals surface area contributed by atoms with Crippen molar-refractivity contribution in [2.24, 2.45) is 0 Å². The Labute approximate surface area is 155 Å². The number of aromatic nitrogens is 1. The maximum Gasteiger partial charge on any atom is 0.338 e. The predicted octanol–water partition coefficient (Wildman–Crippen LogP) is 1.17. The summed E-state index contributed by atoms with van der Waals surface area (Å²) in [4.78, 5) is 44.8. The number of urea groups is 1. The van der Waals surface area contributed by atoms with Crippen LogP contribution in [0.5, 0.6) is 0 Å². The molecule has 2 fully saturated rings. The first-order chi connectivity index (χ1) is 12.6. The summed E-state index contributed by atoms with van der Waals surface area (Å²) < 4.78 is 1.14. The number of benzene rings is 1. The molecule has 0 saturated carbocycles. The highest BCUT2D eigenvalue weighted by molar-refractivity contribution is 7.18. The van der Waals surface area contributed by atoms with Gasteiger partial charge in [0.05, 0.1) is 16.8 Å². The molecule has 1 N–H and O–H groups in total. The van der Waals surface area contributed by atoms with Gasteiger partial charge in [-0.1, -0.05) is 19.1 Å². The Morgan fingerprint density at radius 1 is 1.19 bits per heavy atom. The fourth-order valence-corrected chi connectivity index (χ4v) is 4.91. The Morgan fingerprint density at radius 3 is 2.73 bits per heavy atom. The van der Waals surface area contributed by atoms with E-state index in [9.17, 15) is 14.4 Å². The second-order valence-corrected chi connectivity index (χ2v) is 7.82. The number of hydrogen-bond acceptors (Lipinski definition) is 5. The highest BCUT2D eigenvalue weighted by atomic mass is 32.1. The standard InChI is InChI=1S/C18H20N4O3S/c1-2-9-21-16(23)17(24)22(18(21)25)11-20-10-5-7-13(20)15-19-12-6-3-4-8-14(12)26-15/h3-4,6,8,13H,2,5,7,9-11H2,1H3/p+1/t13-/m0/s1. The SMILES string of the molecule is CCCN1C(=O)C(=O)N(C[NH+]2CCC[C@H]2c2nc3ccccc3s2)C1=O. The third-order valence-corrected chi connectivity index (χ3v) is 6.19. The first-order valence-electron chi connectivity index (χ1n) is 8.97. The number of nitrogens with zero attached hydrogens (tertiary/aromatic N) is 3. The van der Waals surface area contributed by atoms with Crippen LogP contribution in [0.1, 0.15) is 37.2 Å². The number of rotatable bonds is 5. The number of fused-ring (bicyclic) bond motifs is 1. The quantitative estimate of drug-likeness (QED) is 0.631. The summed E-state index contributed by atoms with van der Waals surface area (Å²) in [5.74, 6) is -1.40. The molecule has 4 amide bonds. The Balaban J connectivity index is 1.55. The molecule has 2 saturated heterocycles. The number of para-hydroxylation sites is 1. The normalized spacial score (nSPS) is 23.7. The van der Waals surface area contributed by atoms with E-state index in [4.69, 9.17) is 4.98 Å². The monoisotopic (exact) mass is 373 g/mol. The van der Waals surface area contributed by atoms with Gasteiger partial charge in [-0.15, -0.1) is 11.3 Å². The van der Waals surface area contributed by atoms with E-state index in [1.165, 1.54) is 0 Å². The summed E-state index contributed by atoms with van der Waals surface area (Å²) in [6.07, 6.45) is 2.63. The predicted molar refractivity (Wildman–Crippen MR) is 96.5 cm³/mol. The minimum absolute atomic E-state index is 0.156. The number of hydrogen-bond donors (Lipinski definition) is 1. The fraction of sp³-hybridized carbons (Fsp3) is 0.444. The minimum Gasteiger partial charge on any atom is -0.309 e. The molecule has 26 heavy (non-hydrogen) atoms. The van der Waals surface area contributed by atoms with Crippen LogP contribution in [-0.2, 0) is 9.59 Å². The van der Waals surface area contributed by atoms with Crippen molar-refractivity contribution in [1.29, 1.82) is 0 Å². The van der Waals surface area contributed by atoms with E-state index < -0.39 is 17.8 Å². The van der Waals surface area contributed by atoms with E-state index in [2.05, 4.69) is 6.07 Å². The first kappa shape index (κ1) is 17.1. The largest absolute Gasteiger partial charge is 0.338 e. The summed E-state index contributed by atoms with van der Waals surface area (Å²) in [6.45, 7) is 3.25.